The lowest BCUT2D eigenvalue weighted by molar-refractivity contribution is -0.132. The Morgan fingerprint density at radius 1 is 1.21 bits per heavy atom. The van der Waals surface area contributed by atoms with Crippen LogP contribution in [0.1, 0.15) is 6.92 Å². The van der Waals surface area contributed by atoms with Gasteiger partial charge in [0, 0.05) is 6.92 Å². The van der Waals surface area contributed by atoms with E-state index in [1.54, 1.807) is 12.1 Å². The summed E-state index contributed by atoms with van der Waals surface area (Å²) in [5, 5.41) is 21.1. The zero-order valence-electron chi connectivity index (χ0n) is 13.1. The number of amides is 1. The third-order valence-corrected chi connectivity index (χ3v) is 2.96. The minimum atomic E-state index is -1.46. The molecule has 1 heterocycles. The van der Waals surface area contributed by atoms with Crippen molar-refractivity contribution >= 4 is 17.9 Å². The Kier molecular flexibility index (Phi) is 4.83. The molecule has 2 aromatic rings. The summed E-state index contributed by atoms with van der Waals surface area (Å²) in [5.74, 6) is -1.56. The topological polar surface area (TPSA) is 127 Å². The molecule has 0 fully saturated rings. The molecule has 0 radical (unpaired) electrons. The van der Waals surface area contributed by atoms with Crippen molar-refractivity contribution < 1.29 is 38.4 Å². The van der Waals surface area contributed by atoms with Gasteiger partial charge in [-0.2, -0.15) is 0 Å². The van der Waals surface area contributed by atoms with Gasteiger partial charge in [0.1, 0.15) is 11.5 Å². The van der Waals surface area contributed by atoms with Crippen LogP contribution in [0.5, 0.6) is 23.0 Å². The summed E-state index contributed by atoms with van der Waals surface area (Å²) in [6.45, 7) is 1.10. The number of benzene rings is 1. The minimum absolute atomic E-state index is 0.147. The van der Waals surface area contributed by atoms with E-state index in [4.69, 9.17) is 23.7 Å². The van der Waals surface area contributed by atoms with Crippen LogP contribution in [0.3, 0.4) is 0 Å². The number of nitrogens with one attached hydrogen (secondary N) is 1. The van der Waals surface area contributed by atoms with E-state index in [0.717, 1.165) is 6.92 Å². The number of aromatic hydroxyl groups is 1. The van der Waals surface area contributed by atoms with Crippen LogP contribution in [-0.2, 0) is 4.79 Å². The van der Waals surface area contributed by atoms with Gasteiger partial charge in [-0.15, -0.1) is 0 Å². The van der Waals surface area contributed by atoms with Crippen LogP contribution in [0.2, 0.25) is 0 Å². The van der Waals surface area contributed by atoms with Crippen LogP contribution < -0.4 is 19.5 Å². The highest BCUT2D eigenvalue weighted by Crippen LogP contribution is 2.49. The highest BCUT2D eigenvalue weighted by atomic mass is 16.6. The van der Waals surface area contributed by atoms with E-state index in [2.05, 4.69) is 0 Å². The van der Waals surface area contributed by atoms with Crippen molar-refractivity contribution in [3.63, 3.8) is 0 Å². The highest BCUT2D eigenvalue weighted by Gasteiger charge is 2.27. The van der Waals surface area contributed by atoms with Gasteiger partial charge in [-0.3, -0.25) is 10.1 Å². The number of carbonyl (C=O) groups excluding carboxylic acids is 1. The Balaban J connectivity index is 2.64. The van der Waals surface area contributed by atoms with Crippen LogP contribution >= 0.6 is 0 Å². The Morgan fingerprint density at radius 2 is 1.92 bits per heavy atom. The van der Waals surface area contributed by atoms with Crippen LogP contribution in [0, 0.1) is 0 Å². The molecular weight excluding hydrogens is 322 g/mol. The molecule has 1 amide bonds. The second-order valence-electron chi connectivity index (χ2n) is 4.53. The van der Waals surface area contributed by atoms with Crippen molar-refractivity contribution in [2.45, 2.75) is 6.92 Å². The number of hydrogen-bond acceptors (Lipinski definition) is 7. The van der Waals surface area contributed by atoms with Crippen LogP contribution in [0.4, 0.5) is 10.7 Å². The van der Waals surface area contributed by atoms with Crippen molar-refractivity contribution in [2.24, 2.45) is 0 Å². The zero-order chi connectivity index (χ0) is 17.9. The number of anilines is 1. The fraction of sp³-hybridized carbons (Fsp3) is 0.200. The Hall–Kier alpha value is -3.36. The van der Waals surface area contributed by atoms with E-state index in [-0.39, 0.29) is 11.3 Å². The Morgan fingerprint density at radius 3 is 2.46 bits per heavy atom. The van der Waals surface area contributed by atoms with Crippen LogP contribution in [0.25, 0.3) is 11.3 Å². The van der Waals surface area contributed by atoms with Gasteiger partial charge < -0.3 is 28.8 Å². The van der Waals surface area contributed by atoms with E-state index in [0.29, 0.717) is 11.5 Å². The molecular formula is C15H15NO8. The van der Waals surface area contributed by atoms with Crippen molar-refractivity contribution in [3.8, 4) is 34.3 Å². The van der Waals surface area contributed by atoms with Gasteiger partial charge in [-0.05, 0) is 18.2 Å². The molecule has 0 unspecified atom stereocenters. The maximum absolute atomic E-state index is 11.2. The van der Waals surface area contributed by atoms with Gasteiger partial charge in [-0.25, -0.2) is 4.79 Å². The third-order valence-electron chi connectivity index (χ3n) is 2.96. The molecule has 0 aliphatic heterocycles. The number of carbonyl (C=O) groups is 2. The van der Waals surface area contributed by atoms with Gasteiger partial charge >= 0.3 is 12.1 Å². The van der Waals surface area contributed by atoms with Crippen LogP contribution in [-0.4, -0.2) is 36.5 Å². The first-order chi connectivity index (χ1) is 11.4. The number of carboxylic acid groups (broad SMARTS) is 1. The normalized spacial score (nSPS) is 10.1. The fourth-order valence-corrected chi connectivity index (χ4v) is 2.00. The summed E-state index contributed by atoms with van der Waals surface area (Å²) in [6, 6.07) is 4.72. The molecule has 0 atom stereocenters. The number of furan rings is 1. The molecule has 3 N–H and O–H groups in total. The second-order valence-corrected chi connectivity index (χ2v) is 4.53. The van der Waals surface area contributed by atoms with Crippen molar-refractivity contribution in [2.75, 3.05) is 19.5 Å². The molecule has 0 aliphatic carbocycles. The van der Waals surface area contributed by atoms with Gasteiger partial charge in [0.25, 0.3) is 5.88 Å². The first-order valence-corrected chi connectivity index (χ1v) is 6.63. The number of hydrogen-bond donors (Lipinski definition) is 3. The first kappa shape index (κ1) is 17.0. The van der Waals surface area contributed by atoms with E-state index in [1.807, 2.05) is 5.32 Å². The SMILES string of the molecule is COc1ccc(OC)c(-c2oc(NC(=O)O)c(OC(C)=O)c2O)c1. The number of rotatable bonds is 5. The molecule has 9 heteroatoms. The van der Waals surface area contributed by atoms with E-state index in [9.17, 15) is 14.7 Å². The number of methoxy groups -OCH3 is 2. The largest absolute Gasteiger partial charge is 0.502 e. The second kappa shape index (κ2) is 6.82. The highest BCUT2D eigenvalue weighted by molar-refractivity contribution is 5.88. The smallest absolute Gasteiger partial charge is 0.411 e. The lowest BCUT2D eigenvalue weighted by atomic mass is 10.1. The predicted octanol–water partition coefficient (Wildman–Crippen LogP) is 2.68. The standard InChI is InChI=1S/C15H15NO8/c1-7(17)23-13-11(18)12(24-14(13)16-15(19)20)9-6-8(21-2)4-5-10(9)22-3/h4-6,16,18H,1-3H3,(H,19,20). The average Bonchev–Trinajstić information content (AvgIpc) is 2.82. The van der Waals surface area contributed by atoms with Gasteiger partial charge in [-0.1, -0.05) is 0 Å². The van der Waals surface area contributed by atoms with Gasteiger partial charge in [0.2, 0.25) is 11.5 Å². The number of ether oxygens (including phenoxy) is 3. The maximum Gasteiger partial charge on any atom is 0.411 e. The van der Waals surface area contributed by atoms with Crippen LogP contribution in [0.15, 0.2) is 22.6 Å². The molecule has 24 heavy (non-hydrogen) atoms. The molecule has 1 aromatic carbocycles. The summed E-state index contributed by atoms with van der Waals surface area (Å²) in [6.07, 6.45) is -1.46. The van der Waals surface area contributed by atoms with Crippen molar-refractivity contribution in [1.82, 2.24) is 0 Å². The maximum atomic E-state index is 11.2. The Bertz CT molecular complexity index is 780. The summed E-state index contributed by atoms with van der Waals surface area (Å²) in [5.41, 5.74) is 0.279. The first-order valence-electron chi connectivity index (χ1n) is 6.63. The molecule has 0 saturated carbocycles. The molecule has 0 aliphatic rings. The lowest BCUT2D eigenvalue weighted by Crippen LogP contribution is -2.09. The summed E-state index contributed by atoms with van der Waals surface area (Å²) in [4.78, 5) is 22.0. The number of esters is 1. The predicted molar refractivity (Wildman–Crippen MR) is 81.9 cm³/mol. The lowest BCUT2D eigenvalue weighted by Gasteiger charge is -2.08. The average molecular weight is 337 g/mol. The summed E-state index contributed by atoms with van der Waals surface area (Å²) < 4.78 is 20.5. The monoisotopic (exact) mass is 337 g/mol. The molecule has 1 aromatic heterocycles. The van der Waals surface area contributed by atoms with Crippen molar-refractivity contribution in [3.05, 3.63) is 18.2 Å². The molecule has 9 nitrogen and oxygen atoms in total. The third kappa shape index (κ3) is 3.35. The summed E-state index contributed by atoms with van der Waals surface area (Å²) >= 11 is 0. The quantitative estimate of drug-likeness (QED) is 0.711. The summed E-state index contributed by atoms with van der Waals surface area (Å²) in [7, 11) is 2.87. The minimum Gasteiger partial charge on any atom is -0.502 e. The molecule has 0 spiro atoms. The Labute approximate surface area is 136 Å². The van der Waals surface area contributed by atoms with Gasteiger partial charge in [0.05, 0.1) is 19.8 Å². The van der Waals surface area contributed by atoms with Gasteiger partial charge in [0.15, 0.2) is 5.76 Å². The van der Waals surface area contributed by atoms with E-state index >= 15 is 0 Å². The molecule has 2 rings (SSSR count). The van der Waals surface area contributed by atoms with E-state index < -0.39 is 29.4 Å². The van der Waals surface area contributed by atoms with Crippen molar-refractivity contribution in [1.29, 1.82) is 0 Å². The zero-order valence-corrected chi connectivity index (χ0v) is 13.1. The molecule has 0 bridgehead atoms. The molecule has 0 saturated heterocycles. The molecule has 128 valence electrons. The fourth-order valence-electron chi connectivity index (χ4n) is 2.00. The van der Waals surface area contributed by atoms with E-state index in [1.165, 1.54) is 20.3 Å².